The van der Waals surface area contributed by atoms with Crippen molar-refractivity contribution in [3.05, 3.63) is 65.7 Å². The molecule has 6 atom stereocenters. The van der Waals surface area contributed by atoms with Gasteiger partial charge in [-0.05, 0) is 75.6 Å². The fourth-order valence-corrected chi connectivity index (χ4v) is 6.90. The first kappa shape index (κ1) is 55.8. The van der Waals surface area contributed by atoms with Crippen LogP contribution in [0.25, 0.3) is 0 Å². The summed E-state index contributed by atoms with van der Waals surface area (Å²) < 4.78 is 10.3. The van der Waals surface area contributed by atoms with Gasteiger partial charge in [-0.2, -0.15) is 0 Å². The number of rotatable bonds is 23. The summed E-state index contributed by atoms with van der Waals surface area (Å²) in [4.78, 5) is 132. The molecule has 2 aromatic rings. The molecule has 1 fully saturated rings. The maximum atomic E-state index is 14.2. The van der Waals surface area contributed by atoms with Gasteiger partial charge in [-0.1, -0.05) is 56.3 Å². The Morgan fingerprint density at radius 3 is 1.94 bits per heavy atom. The predicted octanol–water partition coefficient (Wildman–Crippen LogP) is -0.506. The normalized spacial score (nSPS) is 15.5. The van der Waals surface area contributed by atoms with E-state index >= 15 is 0 Å². The van der Waals surface area contributed by atoms with Crippen molar-refractivity contribution < 1.29 is 72.7 Å². The van der Waals surface area contributed by atoms with Gasteiger partial charge in [0.05, 0.1) is 13.0 Å². The molecular weight excluding hydrogens is 907 g/mol. The first-order chi connectivity index (χ1) is 32.5. The van der Waals surface area contributed by atoms with Gasteiger partial charge < -0.3 is 62.0 Å². The first-order valence-electron chi connectivity index (χ1n) is 22.1. The molecule has 3 rings (SSSR count). The van der Waals surface area contributed by atoms with Gasteiger partial charge in [0.25, 0.3) is 5.91 Å². The van der Waals surface area contributed by atoms with Crippen molar-refractivity contribution in [1.29, 1.82) is 0 Å². The summed E-state index contributed by atoms with van der Waals surface area (Å²) in [6.07, 6.45) is -3.43. The Morgan fingerprint density at radius 2 is 1.35 bits per heavy atom. The van der Waals surface area contributed by atoms with E-state index < -0.39 is 114 Å². The van der Waals surface area contributed by atoms with Crippen molar-refractivity contribution in [2.75, 3.05) is 13.2 Å². The number of nitrogens with two attached hydrogens (primary N) is 1. The van der Waals surface area contributed by atoms with Gasteiger partial charge in [-0.15, -0.1) is 0 Å². The van der Waals surface area contributed by atoms with Crippen molar-refractivity contribution in [2.45, 2.75) is 128 Å². The number of benzene rings is 2. The topological polar surface area (TPSA) is 363 Å². The van der Waals surface area contributed by atoms with Crippen molar-refractivity contribution in [2.24, 2.45) is 11.7 Å². The number of hydrogen-bond acceptors (Lipinski definition) is 14. The molecule has 0 radical (unpaired) electrons. The second kappa shape index (κ2) is 26.7. The Balaban J connectivity index is 1.76. The Bertz CT molecular complexity index is 2130. The van der Waals surface area contributed by atoms with Crippen molar-refractivity contribution in [1.82, 2.24) is 42.3 Å². The summed E-state index contributed by atoms with van der Waals surface area (Å²) in [6, 6.07) is 5.22. The summed E-state index contributed by atoms with van der Waals surface area (Å²) in [5.74, 6) is -8.51. The molecular formula is C45H63N9O15. The van der Waals surface area contributed by atoms with Crippen LogP contribution in [-0.4, -0.2) is 135 Å². The zero-order valence-corrected chi connectivity index (χ0v) is 39.1. The number of phenols is 1. The van der Waals surface area contributed by atoms with Gasteiger partial charge in [0.1, 0.15) is 54.2 Å². The molecule has 1 aliphatic heterocycles. The lowest BCUT2D eigenvalue weighted by Gasteiger charge is -2.31. The number of aliphatic hydroxyl groups is 1. The van der Waals surface area contributed by atoms with Gasteiger partial charge in [0.2, 0.25) is 35.4 Å². The number of hydrazine groups is 1. The minimum Gasteiger partial charge on any atom is -0.508 e. The number of alkyl carbamates (subject to hydrolysis) is 1. The third-order valence-electron chi connectivity index (χ3n) is 10.2. The van der Waals surface area contributed by atoms with Crippen molar-refractivity contribution >= 4 is 59.5 Å². The first-order valence-corrected chi connectivity index (χ1v) is 22.1. The number of primary amides is 1. The number of aliphatic hydroxyl groups excluding tert-OH is 1. The molecule has 378 valence electrons. The predicted molar refractivity (Wildman–Crippen MR) is 243 cm³/mol. The van der Waals surface area contributed by atoms with Crippen molar-refractivity contribution in [3.8, 4) is 5.75 Å². The van der Waals surface area contributed by atoms with E-state index in [1.165, 1.54) is 29.2 Å². The lowest BCUT2D eigenvalue weighted by Crippen LogP contribution is -2.60. The molecule has 1 saturated heterocycles. The summed E-state index contributed by atoms with van der Waals surface area (Å²) in [5, 5.41) is 41.6. The number of carbonyl (C=O) groups excluding carboxylic acids is 9. The van der Waals surface area contributed by atoms with E-state index in [0.29, 0.717) is 17.5 Å². The number of carboxylic acid groups (broad SMARTS) is 1. The molecule has 24 nitrogen and oxygen atoms in total. The molecule has 0 aliphatic carbocycles. The summed E-state index contributed by atoms with van der Waals surface area (Å²) >= 11 is 0. The molecule has 9 amide bonds. The molecule has 0 spiro atoms. The van der Waals surface area contributed by atoms with Gasteiger partial charge in [-0.3, -0.25) is 43.8 Å². The largest absolute Gasteiger partial charge is 0.508 e. The Hall–Kier alpha value is -7.50. The SMILES string of the molecule is CC(C)C[C@H](NC(=O)[C@H](CC(=O)O)NC(=O)[C@H](CO)NC(=O)[C@H](Cc1ccc(O)cc1)NC(=O)OCc1ccccc1)C(=O)N1CCC[C@H]1C(=O)N[C@@H](CCC(N)=O)C(=O)NNC(=O)OC(C)(C)C. The van der Waals surface area contributed by atoms with E-state index in [0.717, 1.165) is 0 Å². The van der Waals surface area contributed by atoms with Crippen LogP contribution < -0.4 is 43.2 Å². The summed E-state index contributed by atoms with van der Waals surface area (Å²) in [6.45, 7) is 7.06. The molecule has 69 heavy (non-hydrogen) atoms. The van der Waals surface area contributed by atoms with E-state index in [1.807, 2.05) is 0 Å². The minimum absolute atomic E-state index is 0.0261. The number of amides is 9. The number of hydrogen-bond donors (Lipinski definition) is 11. The van der Waals surface area contributed by atoms with Crippen LogP contribution in [0.5, 0.6) is 5.75 Å². The van der Waals surface area contributed by atoms with Crippen LogP contribution in [0, 0.1) is 5.92 Å². The number of aromatic hydroxyl groups is 1. The van der Waals surface area contributed by atoms with Crippen LogP contribution in [-0.2, 0) is 60.9 Å². The average Bonchev–Trinajstić information content (AvgIpc) is 3.77. The number of carboxylic acids is 1. The highest BCUT2D eigenvalue weighted by Gasteiger charge is 2.40. The Labute approximate surface area is 398 Å². The van der Waals surface area contributed by atoms with E-state index in [4.69, 9.17) is 15.2 Å². The van der Waals surface area contributed by atoms with Crippen LogP contribution in [0.2, 0.25) is 0 Å². The van der Waals surface area contributed by atoms with Crippen LogP contribution in [0.4, 0.5) is 9.59 Å². The highest BCUT2D eigenvalue weighted by molar-refractivity contribution is 5.98. The fraction of sp³-hybridized carbons (Fsp3) is 0.511. The van der Waals surface area contributed by atoms with Crippen LogP contribution in [0.15, 0.2) is 54.6 Å². The highest BCUT2D eigenvalue weighted by atomic mass is 16.6. The van der Waals surface area contributed by atoms with Gasteiger partial charge in [0.15, 0.2) is 0 Å². The third-order valence-corrected chi connectivity index (χ3v) is 10.2. The lowest BCUT2D eigenvalue weighted by atomic mass is 10.0. The van der Waals surface area contributed by atoms with Gasteiger partial charge in [0, 0.05) is 19.4 Å². The molecule has 0 unspecified atom stereocenters. The standard InChI is InChI=1S/C45H63N9O15/c1-25(2)20-32(42(65)54-19-9-12-34(54)41(64)47-29(17-18-35(46)57)40(63)52-53-44(67)69-45(3,4)5)49-38(61)31(22-36(58)59)48-39(62)33(23-55)50-37(60)30(21-26-13-15-28(56)16-14-26)51-43(66)68-24-27-10-7-6-8-11-27/h6-8,10-11,13-16,25,29-34,55-56H,9,12,17-24H2,1-5H3,(H2,46,57)(H,47,64)(H,48,62)(H,49,61)(H,50,60)(H,51,66)(H,52,63)(H,53,67)(H,58,59)/t29-,30-,31-,32-,33-,34-/m0/s1. The maximum Gasteiger partial charge on any atom is 0.426 e. The number of nitrogens with zero attached hydrogens (tertiary/aromatic N) is 1. The molecule has 24 heteroatoms. The molecule has 1 aliphatic rings. The molecule has 12 N–H and O–H groups in total. The van der Waals surface area contributed by atoms with E-state index in [2.05, 4.69) is 37.4 Å². The fourth-order valence-electron chi connectivity index (χ4n) is 6.90. The Kier molecular flexibility index (Phi) is 21.6. The van der Waals surface area contributed by atoms with E-state index in [9.17, 15) is 63.3 Å². The monoisotopic (exact) mass is 969 g/mol. The van der Waals surface area contributed by atoms with Crippen LogP contribution >= 0.6 is 0 Å². The average molecular weight is 970 g/mol. The highest BCUT2D eigenvalue weighted by Crippen LogP contribution is 2.21. The number of carbonyl (C=O) groups is 10. The van der Waals surface area contributed by atoms with Gasteiger partial charge >= 0.3 is 18.2 Å². The quantitative estimate of drug-likeness (QED) is 0.0625. The Morgan fingerprint density at radius 1 is 0.739 bits per heavy atom. The summed E-state index contributed by atoms with van der Waals surface area (Å²) in [5.41, 5.74) is 9.66. The number of phenolic OH excluding ortho intramolecular Hbond substituents is 1. The number of ether oxygens (including phenoxy) is 2. The molecule has 0 bridgehead atoms. The molecule has 0 saturated carbocycles. The minimum atomic E-state index is -1.88. The van der Waals surface area contributed by atoms with Gasteiger partial charge in [-0.25, -0.2) is 15.0 Å². The van der Waals surface area contributed by atoms with Crippen LogP contribution in [0.1, 0.15) is 84.3 Å². The molecule has 1 heterocycles. The number of likely N-dealkylation sites (tertiary alicyclic amines) is 1. The smallest absolute Gasteiger partial charge is 0.426 e. The zero-order valence-electron chi connectivity index (χ0n) is 39.1. The zero-order chi connectivity index (χ0) is 51.4. The van der Waals surface area contributed by atoms with E-state index in [-0.39, 0.29) is 56.9 Å². The second-order valence-corrected chi connectivity index (χ2v) is 17.6. The molecule has 0 aromatic heterocycles. The molecule has 2 aromatic carbocycles. The second-order valence-electron chi connectivity index (χ2n) is 17.6. The number of nitrogens with one attached hydrogen (secondary N) is 7. The van der Waals surface area contributed by atoms with Crippen LogP contribution in [0.3, 0.4) is 0 Å². The lowest BCUT2D eigenvalue weighted by molar-refractivity contribution is -0.144. The van der Waals surface area contributed by atoms with E-state index in [1.54, 1.807) is 65.0 Å². The maximum absolute atomic E-state index is 14.2. The number of aliphatic carboxylic acids is 1. The van der Waals surface area contributed by atoms with Crippen molar-refractivity contribution in [3.63, 3.8) is 0 Å². The summed E-state index contributed by atoms with van der Waals surface area (Å²) in [7, 11) is 0. The third kappa shape index (κ3) is 19.7.